The van der Waals surface area contributed by atoms with Crippen molar-refractivity contribution in [1.29, 1.82) is 0 Å². The van der Waals surface area contributed by atoms with E-state index in [-0.39, 0.29) is 5.91 Å². The first-order valence-corrected chi connectivity index (χ1v) is 5.99. The summed E-state index contributed by atoms with van der Waals surface area (Å²) in [4.78, 5) is 11.9. The van der Waals surface area contributed by atoms with Gasteiger partial charge in [0.05, 0.1) is 0 Å². The molecule has 0 aliphatic rings. The highest BCUT2D eigenvalue weighted by molar-refractivity contribution is 5.75. The topological polar surface area (TPSA) is 35.6 Å². The Balaban J connectivity index is 4.14. The molecule has 0 saturated heterocycles. The smallest absolute Gasteiger partial charge is 0.237 e. The van der Waals surface area contributed by atoms with Crippen LogP contribution in [-0.4, -0.2) is 48.6 Å². The molecule has 0 aromatic carbocycles. The lowest BCUT2D eigenvalue weighted by Crippen LogP contribution is -2.45. The van der Waals surface area contributed by atoms with Crippen molar-refractivity contribution in [3.05, 3.63) is 25.3 Å². The molecule has 0 spiro atoms. The van der Waals surface area contributed by atoms with Gasteiger partial charge in [0, 0.05) is 39.1 Å². The van der Waals surface area contributed by atoms with Crippen LogP contribution in [0.1, 0.15) is 20.3 Å². The van der Waals surface area contributed by atoms with Crippen LogP contribution in [0.3, 0.4) is 0 Å². The standard InChI is InChI=1S/C13H25N3O/c1-6-10-16(11-7-2)15(5)13(17)8-9-14-12(3)4/h6-7,12,14H,1-2,8-11H2,3-5H3. The van der Waals surface area contributed by atoms with Crippen LogP contribution >= 0.6 is 0 Å². The molecule has 0 aromatic heterocycles. The summed E-state index contributed by atoms with van der Waals surface area (Å²) in [5.41, 5.74) is 0. The molecular weight excluding hydrogens is 214 g/mol. The summed E-state index contributed by atoms with van der Waals surface area (Å²) in [5.74, 6) is 0.0989. The van der Waals surface area contributed by atoms with E-state index in [0.717, 1.165) is 0 Å². The summed E-state index contributed by atoms with van der Waals surface area (Å²) in [6.45, 7) is 13.5. The van der Waals surface area contributed by atoms with Crippen molar-refractivity contribution in [2.45, 2.75) is 26.3 Å². The summed E-state index contributed by atoms with van der Waals surface area (Å²) in [7, 11) is 1.78. The lowest BCUT2D eigenvalue weighted by atomic mass is 10.3. The first-order valence-electron chi connectivity index (χ1n) is 5.99. The highest BCUT2D eigenvalue weighted by atomic mass is 16.2. The summed E-state index contributed by atoms with van der Waals surface area (Å²) in [5, 5.41) is 6.77. The molecule has 17 heavy (non-hydrogen) atoms. The number of hydrogen-bond acceptors (Lipinski definition) is 3. The molecule has 1 N–H and O–H groups in total. The second-order valence-electron chi connectivity index (χ2n) is 4.23. The van der Waals surface area contributed by atoms with Crippen molar-refractivity contribution < 1.29 is 4.79 Å². The quantitative estimate of drug-likeness (QED) is 0.488. The SMILES string of the molecule is C=CCN(CC=C)N(C)C(=O)CCNC(C)C. The third kappa shape index (κ3) is 6.92. The molecule has 0 saturated carbocycles. The molecule has 0 bridgehead atoms. The van der Waals surface area contributed by atoms with Crippen molar-refractivity contribution >= 4 is 5.91 Å². The largest absolute Gasteiger partial charge is 0.314 e. The summed E-state index contributed by atoms with van der Waals surface area (Å²) >= 11 is 0. The van der Waals surface area contributed by atoms with Gasteiger partial charge in [0.1, 0.15) is 0 Å². The van der Waals surface area contributed by atoms with Crippen LogP contribution in [0.5, 0.6) is 0 Å². The van der Waals surface area contributed by atoms with E-state index in [0.29, 0.717) is 32.1 Å². The van der Waals surface area contributed by atoms with E-state index in [9.17, 15) is 4.79 Å². The van der Waals surface area contributed by atoms with E-state index in [1.54, 1.807) is 24.2 Å². The molecule has 98 valence electrons. The number of hydrazine groups is 1. The van der Waals surface area contributed by atoms with Crippen molar-refractivity contribution in [3.63, 3.8) is 0 Å². The monoisotopic (exact) mass is 239 g/mol. The van der Waals surface area contributed by atoms with Gasteiger partial charge in [-0.05, 0) is 0 Å². The van der Waals surface area contributed by atoms with Gasteiger partial charge in [0.25, 0.3) is 0 Å². The number of carbonyl (C=O) groups excluding carboxylic acids is 1. The normalized spacial score (nSPS) is 10.6. The van der Waals surface area contributed by atoms with Gasteiger partial charge in [-0.25, -0.2) is 5.01 Å². The maximum absolute atomic E-state index is 11.9. The van der Waals surface area contributed by atoms with Crippen LogP contribution in [0, 0.1) is 0 Å². The highest BCUT2D eigenvalue weighted by Crippen LogP contribution is 1.99. The number of rotatable bonds is 9. The van der Waals surface area contributed by atoms with Crippen LogP contribution in [0.25, 0.3) is 0 Å². The zero-order valence-electron chi connectivity index (χ0n) is 11.3. The van der Waals surface area contributed by atoms with Crippen LogP contribution in [0.15, 0.2) is 25.3 Å². The average molecular weight is 239 g/mol. The Morgan fingerprint density at radius 1 is 1.29 bits per heavy atom. The van der Waals surface area contributed by atoms with Crippen LogP contribution in [-0.2, 0) is 4.79 Å². The Bertz CT molecular complexity index is 241. The third-order valence-corrected chi connectivity index (χ3v) is 2.36. The first-order chi connectivity index (χ1) is 8.02. The molecule has 0 atom stereocenters. The van der Waals surface area contributed by atoms with Crippen LogP contribution in [0.2, 0.25) is 0 Å². The van der Waals surface area contributed by atoms with Gasteiger partial charge in [-0.2, -0.15) is 0 Å². The van der Waals surface area contributed by atoms with Gasteiger partial charge in [-0.1, -0.05) is 26.0 Å². The van der Waals surface area contributed by atoms with Crippen molar-refractivity contribution in [2.24, 2.45) is 0 Å². The molecule has 0 unspecified atom stereocenters. The molecule has 0 fully saturated rings. The predicted octanol–water partition coefficient (Wildman–Crippen LogP) is 1.42. The molecule has 0 aromatic rings. The highest BCUT2D eigenvalue weighted by Gasteiger charge is 2.14. The molecule has 0 radical (unpaired) electrons. The summed E-state index contributed by atoms with van der Waals surface area (Å²) in [6.07, 6.45) is 4.05. The zero-order valence-corrected chi connectivity index (χ0v) is 11.3. The van der Waals surface area contributed by atoms with Gasteiger partial charge < -0.3 is 5.32 Å². The molecular formula is C13H25N3O. The van der Waals surface area contributed by atoms with Gasteiger partial charge in [0.2, 0.25) is 5.91 Å². The molecule has 0 rings (SSSR count). The molecule has 0 aliphatic heterocycles. The van der Waals surface area contributed by atoms with Crippen LogP contribution < -0.4 is 5.32 Å². The number of amides is 1. The number of hydrogen-bond donors (Lipinski definition) is 1. The van der Waals surface area contributed by atoms with E-state index < -0.39 is 0 Å². The minimum atomic E-state index is 0.0989. The third-order valence-electron chi connectivity index (χ3n) is 2.36. The van der Waals surface area contributed by atoms with Gasteiger partial charge in [-0.15, -0.1) is 13.2 Å². The summed E-state index contributed by atoms with van der Waals surface area (Å²) < 4.78 is 0. The number of nitrogens with one attached hydrogen (secondary N) is 1. The van der Waals surface area contributed by atoms with E-state index in [1.165, 1.54) is 0 Å². The van der Waals surface area contributed by atoms with Crippen molar-refractivity contribution in [2.75, 3.05) is 26.7 Å². The fourth-order valence-electron chi connectivity index (χ4n) is 1.40. The second kappa shape index (κ2) is 8.96. The number of nitrogens with zero attached hydrogens (tertiary/aromatic N) is 2. The summed E-state index contributed by atoms with van der Waals surface area (Å²) in [6, 6.07) is 0.408. The van der Waals surface area contributed by atoms with E-state index in [1.807, 2.05) is 5.01 Å². The Kier molecular flexibility index (Phi) is 8.36. The molecule has 1 amide bonds. The van der Waals surface area contributed by atoms with E-state index >= 15 is 0 Å². The van der Waals surface area contributed by atoms with Gasteiger partial charge >= 0.3 is 0 Å². The van der Waals surface area contributed by atoms with Crippen molar-refractivity contribution in [1.82, 2.24) is 15.3 Å². The fraction of sp³-hybridized carbons (Fsp3) is 0.615. The molecule has 4 nitrogen and oxygen atoms in total. The number of carbonyl (C=O) groups is 1. The minimum Gasteiger partial charge on any atom is -0.314 e. The second-order valence-corrected chi connectivity index (χ2v) is 4.23. The predicted molar refractivity (Wildman–Crippen MR) is 72.5 cm³/mol. The fourth-order valence-corrected chi connectivity index (χ4v) is 1.40. The maximum Gasteiger partial charge on any atom is 0.237 e. The Hall–Kier alpha value is -1.13. The molecule has 0 aliphatic carbocycles. The molecule has 4 heteroatoms. The van der Waals surface area contributed by atoms with Crippen molar-refractivity contribution in [3.8, 4) is 0 Å². The molecule has 0 heterocycles. The Labute approximate surface area is 105 Å². The average Bonchev–Trinajstić information content (AvgIpc) is 2.27. The lowest BCUT2D eigenvalue weighted by Gasteiger charge is -2.30. The maximum atomic E-state index is 11.9. The van der Waals surface area contributed by atoms with E-state index in [2.05, 4.69) is 32.3 Å². The van der Waals surface area contributed by atoms with Crippen LogP contribution in [0.4, 0.5) is 0 Å². The lowest BCUT2D eigenvalue weighted by molar-refractivity contribution is -0.143. The Morgan fingerprint density at radius 2 is 1.82 bits per heavy atom. The first kappa shape index (κ1) is 15.9. The minimum absolute atomic E-state index is 0.0989. The van der Waals surface area contributed by atoms with Gasteiger partial charge in [-0.3, -0.25) is 9.80 Å². The van der Waals surface area contributed by atoms with E-state index in [4.69, 9.17) is 0 Å². The zero-order chi connectivity index (χ0) is 13.3. The van der Waals surface area contributed by atoms with Gasteiger partial charge in [0.15, 0.2) is 0 Å². The Morgan fingerprint density at radius 3 is 2.24 bits per heavy atom.